The van der Waals surface area contributed by atoms with Crippen LogP contribution >= 0.6 is 0 Å². The lowest BCUT2D eigenvalue weighted by Crippen LogP contribution is -2.35. The molecule has 0 amide bonds. The molecule has 6 heteroatoms. The van der Waals surface area contributed by atoms with Crippen molar-refractivity contribution in [2.75, 3.05) is 13.1 Å². The summed E-state index contributed by atoms with van der Waals surface area (Å²) in [5.74, 6) is 0.564. The lowest BCUT2D eigenvalue weighted by atomic mass is 10.1. The van der Waals surface area contributed by atoms with Crippen molar-refractivity contribution in [2.24, 2.45) is 5.92 Å². The van der Waals surface area contributed by atoms with Gasteiger partial charge < -0.3 is 14.8 Å². The average Bonchev–Trinajstić information content (AvgIpc) is 2.34. The van der Waals surface area contributed by atoms with Crippen LogP contribution in [0.25, 0.3) is 0 Å². The maximum Gasteiger partial charge on any atom is 0.573 e. The normalized spacial score (nSPS) is 13.3. The standard InChI is InChI=1S/C14H20F3NO2/c1-4-18-9-13(10(2)3)19-11-5-7-12(8-6-11)20-14(15,16)17/h5-8,10,13,18H,4,9H2,1-3H3. The molecule has 0 heterocycles. The third-order valence-corrected chi connectivity index (χ3v) is 2.68. The van der Waals surface area contributed by atoms with Crippen LogP contribution in [0.3, 0.4) is 0 Å². The van der Waals surface area contributed by atoms with E-state index in [2.05, 4.69) is 10.1 Å². The molecule has 1 atom stereocenters. The Morgan fingerprint density at radius 2 is 1.65 bits per heavy atom. The summed E-state index contributed by atoms with van der Waals surface area (Å²) in [5, 5.41) is 3.19. The average molecular weight is 291 g/mol. The number of benzene rings is 1. The summed E-state index contributed by atoms with van der Waals surface area (Å²) >= 11 is 0. The van der Waals surface area contributed by atoms with Gasteiger partial charge in [0.1, 0.15) is 17.6 Å². The van der Waals surface area contributed by atoms with Crippen LogP contribution in [-0.2, 0) is 0 Å². The van der Waals surface area contributed by atoms with Gasteiger partial charge in [0, 0.05) is 6.54 Å². The van der Waals surface area contributed by atoms with Crippen LogP contribution in [0.5, 0.6) is 11.5 Å². The molecular formula is C14H20F3NO2. The van der Waals surface area contributed by atoms with E-state index in [1.807, 2.05) is 20.8 Å². The molecule has 0 aliphatic rings. The van der Waals surface area contributed by atoms with Crippen molar-refractivity contribution in [3.8, 4) is 11.5 Å². The highest BCUT2D eigenvalue weighted by molar-refractivity contribution is 5.31. The summed E-state index contributed by atoms with van der Waals surface area (Å²) in [6.45, 7) is 7.59. The number of hydrogen-bond donors (Lipinski definition) is 1. The van der Waals surface area contributed by atoms with E-state index in [1.54, 1.807) is 0 Å². The fourth-order valence-electron chi connectivity index (χ4n) is 1.59. The molecule has 1 aromatic rings. The van der Waals surface area contributed by atoms with Crippen LogP contribution < -0.4 is 14.8 Å². The topological polar surface area (TPSA) is 30.5 Å². The van der Waals surface area contributed by atoms with Gasteiger partial charge in [0.25, 0.3) is 0 Å². The summed E-state index contributed by atoms with van der Waals surface area (Å²) in [7, 11) is 0. The monoisotopic (exact) mass is 291 g/mol. The van der Waals surface area contributed by atoms with Crippen molar-refractivity contribution in [2.45, 2.75) is 33.2 Å². The molecule has 0 aromatic heterocycles. The second-order valence-electron chi connectivity index (χ2n) is 4.73. The van der Waals surface area contributed by atoms with Crippen LogP contribution in [-0.4, -0.2) is 25.6 Å². The lowest BCUT2D eigenvalue weighted by Gasteiger charge is -2.23. The number of rotatable bonds is 7. The number of alkyl halides is 3. The third-order valence-electron chi connectivity index (χ3n) is 2.68. The van der Waals surface area contributed by atoms with E-state index >= 15 is 0 Å². The maximum atomic E-state index is 12.0. The van der Waals surface area contributed by atoms with Gasteiger partial charge in [-0.25, -0.2) is 0 Å². The summed E-state index contributed by atoms with van der Waals surface area (Å²) < 4.78 is 45.7. The number of halogens is 3. The molecule has 0 saturated heterocycles. The molecule has 1 N–H and O–H groups in total. The molecular weight excluding hydrogens is 271 g/mol. The van der Waals surface area contributed by atoms with E-state index < -0.39 is 6.36 Å². The largest absolute Gasteiger partial charge is 0.573 e. The first-order valence-electron chi connectivity index (χ1n) is 6.55. The minimum absolute atomic E-state index is 0.0377. The van der Waals surface area contributed by atoms with E-state index in [0.717, 1.165) is 6.54 Å². The molecule has 20 heavy (non-hydrogen) atoms. The Labute approximate surface area is 117 Å². The van der Waals surface area contributed by atoms with Gasteiger partial charge in [-0.2, -0.15) is 0 Å². The molecule has 3 nitrogen and oxygen atoms in total. The molecule has 1 aromatic carbocycles. The molecule has 0 radical (unpaired) electrons. The maximum absolute atomic E-state index is 12.0. The van der Waals surface area contributed by atoms with Crippen molar-refractivity contribution >= 4 is 0 Å². The Balaban J connectivity index is 2.63. The molecule has 0 aliphatic carbocycles. The van der Waals surface area contributed by atoms with Crippen LogP contribution in [0.15, 0.2) is 24.3 Å². The Morgan fingerprint density at radius 3 is 2.10 bits per heavy atom. The summed E-state index contributed by atoms with van der Waals surface area (Å²) in [4.78, 5) is 0. The van der Waals surface area contributed by atoms with Crippen molar-refractivity contribution in [1.29, 1.82) is 0 Å². The SMILES string of the molecule is CCNCC(Oc1ccc(OC(F)(F)F)cc1)C(C)C. The van der Waals surface area contributed by atoms with Gasteiger partial charge in [-0.05, 0) is 36.7 Å². The highest BCUT2D eigenvalue weighted by Crippen LogP contribution is 2.25. The molecule has 1 rings (SSSR count). The fraction of sp³-hybridized carbons (Fsp3) is 0.571. The van der Waals surface area contributed by atoms with Crippen LogP contribution in [0, 0.1) is 5.92 Å². The lowest BCUT2D eigenvalue weighted by molar-refractivity contribution is -0.274. The van der Waals surface area contributed by atoms with Crippen molar-refractivity contribution in [1.82, 2.24) is 5.32 Å². The molecule has 0 bridgehead atoms. The molecule has 114 valence electrons. The van der Waals surface area contributed by atoms with Gasteiger partial charge in [0.15, 0.2) is 0 Å². The van der Waals surface area contributed by atoms with Crippen molar-refractivity contribution in [3.63, 3.8) is 0 Å². The smallest absolute Gasteiger partial charge is 0.489 e. The van der Waals surface area contributed by atoms with Gasteiger partial charge in [-0.15, -0.1) is 13.2 Å². The van der Waals surface area contributed by atoms with E-state index in [1.165, 1.54) is 24.3 Å². The third kappa shape index (κ3) is 6.14. The molecule has 1 unspecified atom stereocenters. The van der Waals surface area contributed by atoms with Crippen molar-refractivity contribution < 1.29 is 22.6 Å². The number of hydrogen-bond acceptors (Lipinski definition) is 3. The number of ether oxygens (including phenoxy) is 2. The second-order valence-corrected chi connectivity index (χ2v) is 4.73. The van der Waals surface area contributed by atoms with E-state index in [9.17, 15) is 13.2 Å². The van der Waals surface area contributed by atoms with Crippen molar-refractivity contribution in [3.05, 3.63) is 24.3 Å². The quantitative estimate of drug-likeness (QED) is 0.832. The molecule has 0 fully saturated rings. The minimum atomic E-state index is -4.67. The highest BCUT2D eigenvalue weighted by atomic mass is 19.4. The first kappa shape index (κ1) is 16.6. The van der Waals surface area contributed by atoms with Crippen LogP contribution in [0.1, 0.15) is 20.8 Å². The van der Waals surface area contributed by atoms with Crippen LogP contribution in [0.4, 0.5) is 13.2 Å². The number of likely N-dealkylation sites (N-methyl/N-ethyl adjacent to an activating group) is 1. The van der Waals surface area contributed by atoms with E-state index in [0.29, 0.717) is 18.2 Å². The predicted octanol–water partition coefficient (Wildman–Crippen LogP) is 3.60. The Morgan fingerprint density at radius 1 is 1.10 bits per heavy atom. The first-order valence-corrected chi connectivity index (χ1v) is 6.55. The fourth-order valence-corrected chi connectivity index (χ4v) is 1.59. The summed E-state index contributed by atoms with van der Waals surface area (Å²) in [5.41, 5.74) is 0. The molecule has 0 spiro atoms. The van der Waals surface area contributed by atoms with Gasteiger partial charge in [-0.3, -0.25) is 0 Å². The number of nitrogens with one attached hydrogen (secondary N) is 1. The highest BCUT2D eigenvalue weighted by Gasteiger charge is 2.31. The summed E-state index contributed by atoms with van der Waals surface area (Å²) in [6.07, 6.45) is -4.71. The summed E-state index contributed by atoms with van der Waals surface area (Å²) in [6, 6.07) is 5.44. The second kappa shape index (κ2) is 7.38. The molecule has 0 aliphatic heterocycles. The Kier molecular flexibility index (Phi) is 6.13. The zero-order valence-electron chi connectivity index (χ0n) is 11.8. The minimum Gasteiger partial charge on any atom is -0.489 e. The van der Waals surface area contributed by atoms with Crippen LogP contribution in [0.2, 0.25) is 0 Å². The van der Waals surface area contributed by atoms with E-state index in [-0.39, 0.29) is 11.9 Å². The van der Waals surface area contributed by atoms with E-state index in [4.69, 9.17) is 4.74 Å². The van der Waals surface area contributed by atoms with Gasteiger partial charge in [0.2, 0.25) is 0 Å². The Bertz CT molecular complexity index is 390. The zero-order chi connectivity index (χ0) is 15.2. The van der Waals surface area contributed by atoms with Gasteiger partial charge in [-0.1, -0.05) is 20.8 Å². The Hall–Kier alpha value is -1.43. The predicted molar refractivity (Wildman–Crippen MR) is 70.9 cm³/mol. The first-order chi connectivity index (χ1) is 9.31. The van der Waals surface area contributed by atoms with Gasteiger partial charge >= 0.3 is 6.36 Å². The van der Waals surface area contributed by atoms with Gasteiger partial charge in [0.05, 0.1) is 0 Å². The zero-order valence-corrected chi connectivity index (χ0v) is 11.8. The molecule has 0 saturated carbocycles.